The second kappa shape index (κ2) is 9.72. The zero-order valence-corrected chi connectivity index (χ0v) is 17.0. The Hall–Kier alpha value is -3.23. The predicted molar refractivity (Wildman–Crippen MR) is 107 cm³/mol. The largest absolute Gasteiger partial charge is 0.493 e. The molecule has 0 atom stereocenters. The van der Waals surface area contributed by atoms with Crippen molar-refractivity contribution in [3.05, 3.63) is 59.2 Å². The van der Waals surface area contributed by atoms with Gasteiger partial charge in [0.2, 0.25) is 0 Å². The van der Waals surface area contributed by atoms with Crippen LogP contribution >= 0.6 is 0 Å². The SMILES string of the molecule is COc1cc(C(F)(F)F)c(C(=O)NC(=O)N2CCCCC2)cc1OCc1ccccc1. The van der Waals surface area contributed by atoms with Gasteiger partial charge in [0.05, 0.1) is 18.2 Å². The summed E-state index contributed by atoms with van der Waals surface area (Å²) in [5.41, 5.74) is -1.13. The summed E-state index contributed by atoms with van der Waals surface area (Å²) in [6, 6.07) is 9.97. The molecule has 2 aromatic rings. The maximum atomic E-state index is 13.6. The normalized spacial score (nSPS) is 14.1. The first-order valence-electron chi connectivity index (χ1n) is 9.86. The van der Waals surface area contributed by atoms with E-state index in [1.54, 1.807) is 24.3 Å². The third-order valence-corrected chi connectivity index (χ3v) is 4.95. The fourth-order valence-corrected chi connectivity index (χ4v) is 3.33. The van der Waals surface area contributed by atoms with Crippen LogP contribution < -0.4 is 14.8 Å². The Morgan fingerprint density at radius 1 is 1.03 bits per heavy atom. The van der Waals surface area contributed by atoms with E-state index in [-0.39, 0.29) is 18.1 Å². The molecule has 3 amide bonds. The molecule has 1 heterocycles. The highest BCUT2D eigenvalue weighted by atomic mass is 19.4. The van der Waals surface area contributed by atoms with Crippen molar-refractivity contribution in [2.75, 3.05) is 20.2 Å². The Labute approximate surface area is 177 Å². The Morgan fingerprint density at radius 3 is 2.32 bits per heavy atom. The Morgan fingerprint density at radius 2 is 1.71 bits per heavy atom. The molecule has 0 spiro atoms. The summed E-state index contributed by atoms with van der Waals surface area (Å²) in [6.07, 6.45) is -2.28. The zero-order valence-electron chi connectivity index (χ0n) is 17.0. The highest BCUT2D eigenvalue weighted by Crippen LogP contribution is 2.39. The summed E-state index contributed by atoms with van der Waals surface area (Å²) in [5, 5.41) is 2.07. The van der Waals surface area contributed by atoms with E-state index in [1.165, 1.54) is 12.0 Å². The van der Waals surface area contributed by atoms with Gasteiger partial charge in [0.25, 0.3) is 5.91 Å². The number of ether oxygens (including phenoxy) is 2. The average Bonchev–Trinajstić information content (AvgIpc) is 2.77. The van der Waals surface area contributed by atoms with Crippen LogP contribution in [0.2, 0.25) is 0 Å². The molecule has 1 aliphatic rings. The van der Waals surface area contributed by atoms with Gasteiger partial charge < -0.3 is 14.4 Å². The smallest absolute Gasteiger partial charge is 0.417 e. The molecular formula is C22H23F3N2O4. The van der Waals surface area contributed by atoms with Gasteiger partial charge in [-0.15, -0.1) is 0 Å². The summed E-state index contributed by atoms with van der Waals surface area (Å²) in [6.45, 7) is 0.981. The third kappa shape index (κ3) is 5.68. The lowest BCUT2D eigenvalue weighted by Gasteiger charge is -2.26. The van der Waals surface area contributed by atoms with Gasteiger partial charge in [-0.2, -0.15) is 13.2 Å². The molecule has 2 aromatic carbocycles. The van der Waals surface area contributed by atoms with E-state index in [4.69, 9.17) is 9.47 Å². The van der Waals surface area contributed by atoms with Gasteiger partial charge >= 0.3 is 12.2 Å². The van der Waals surface area contributed by atoms with E-state index < -0.39 is 29.2 Å². The van der Waals surface area contributed by atoms with Crippen molar-refractivity contribution in [1.82, 2.24) is 10.2 Å². The molecule has 3 rings (SSSR count). The first-order chi connectivity index (χ1) is 14.8. The van der Waals surface area contributed by atoms with E-state index in [9.17, 15) is 22.8 Å². The van der Waals surface area contributed by atoms with Gasteiger partial charge in [-0.25, -0.2) is 4.79 Å². The lowest BCUT2D eigenvalue weighted by molar-refractivity contribution is -0.138. The van der Waals surface area contributed by atoms with Crippen molar-refractivity contribution >= 4 is 11.9 Å². The second-order valence-corrected chi connectivity index (χ2v) is 7.13. The molecule has 1 fully saturated rings. The molecule has 0 saturated carbocycles. The molecule has 1 aliphatic heterocycles. The number of nitrogens with zero attached hydrogens (tertiary/aromatic N) is 1. The molecule has 1 saturated heterocycles. The molecular weight excluding hydrogens is 413 g/mol. The number of methoxy groups -OCH3 is 1. The zero-order chi connectivity index (χ0) is 22.4. The number of alkyl halides is 3. The Bertz CT molecular complexity index is 926. The van der Waals surface area contributed by atoms with Crippen LogP contribution in [-0.2, 0) is 12.8 Å². The molecule has 0 bridgehead atoms. The van der Waals surface area contributed by atoms with Crippen LogP contribution in [-0.4, -0.2) is 37.0 Å². The van der Waals surface area contributed by atoms with Crippen molar-refractivity contribution in [2.45, 2.75) is 32.0 Å². The Balaban J connectivity index is 1.88. The lowest BCUT2D eigenvalue weighted by Crippen LogP contribution is -2.45. The molecule has 0 aromatic heterocycles. The van der Waals surface area contributed by atoms with Gasteiger partial charge in [-0.05, 0) is 37.0 Å². The van der Waals surface area contributed by atoms with Crippen LogP contribution in [0.1, 0.15) is 40.7 Å². The molecule has 166 valence electrons. The van der Waals surface area contributed by atoms with E-state index >= 15 is 0 Å². The minimum Gasteiger partial charge on any atom is -0.493 e. The second-order valence-electron chi connectivity index (χ2n) is 7.13. The maximum Gasteiger partial charge on any atom is 0.417 e. The number of rotatable bonds is 5. The fraction of sp³-hybridized carbons (Fsp3) is 0.364. The molecule has 9 heteroatoms. The number of benzene rings is 2. The van der Waals surface area contributed by atoms with Gasteiger partial charge in [0.15, 0.2) is 11.5 Å². The van der Waals surface area contributed by atoms with Gasteiger partial charge in [0.1, 0.15) is 6.61 Å². The summed E-state index contributed by atoms with van der Waals surface area (Å²) in [7, 11) is 1.21. The summed E-state index contributed by atoms with van der Waals surface area (Å²) in [4.78, 5) is 26.4. The number of carbonyl (C=O) groups excluding carboxylic acids is 2. The van der Waals surface area contributed by atoms with Crippen molar-refractivity contribution in [3.8, 4) is 11.5 Å². The number of urea groups is 1. The number of halogens is 3. The van der Waals surface area contributed by atoms with Crippen LogP contribution in [0.25, 0.3) is 0 Å². The van der Waals surface area contributed by atoms with E-state index in [0.29, 0.717) is 19.2 Å². The standard InChI is InChI=1S/C22H23F3N2O4/c1-30-18-13-17(22(23,24)25)16(12-19(18)31-14-15-8-4-2-5-9-15)20(28)26-21(29)27-10-6-3-7-11-27/h2,4-5,8-9,12-13H,3,6-7,10-11,14H2,1H3,(H,26,28,29). The molecule has 1 N–H and O–H groups in total. The van der Waals surface area contributed by atoms with Crippen LogP contribution in [0.15, 0.2) is 42.5 Å². The van der Waals surface area contributed by atoms with Gasteiger partial charge in [0, 0.05) is 13.1 Å². The van der Waals surface area contributed by atoms with Crippen LogP contribution in [0.3, 0.4) is 0 Å². The molecule has 0 unspecified atom stereocenters. The minimum atomic E-state index is -4.83. The fourth-order valence-electron chi connectivity index (χ4n) is 3.33. The van der Waals surface area contributed by atoms with Gasteiger partial charge in [-0.1, -0.05) is 30.3 Å². The molecule has 31 heavy (non-hydrogen) atoms. The van der Waals surface area contributed by atoms with Crippen LogP contribution in [0, 0.1) is 0 Å². The lowest BCUT2D eigenvalue weighted by atomic mass is 10.0. The van der Waals surface area contributed by atoms with E-state index in [2.05, 4.69) is 5.32 Å². The number of amides is 3. The highest BCUT2D eigenvalue weighted by molar-refractivity contribution is 6.05. The van der Waals surface area contributed by atoms with Gasteiger partial charge in [-0.3, -0.25) is 10.1 Å². The first kappa shape index (κ1) is 22.5. The number of hydrogen-bond donors (Lipinski definition) is 1. The Kier molecular flexibility index (Phi) is 7.04. The van der Waals surface area contributed by atoms with Crippen molar-refractivity contribution < 1.29 is 32.2 Å². The molecule has 6 nitrogen and oxygen atoms in total. The number of nitrogens with one attached hydrogen (secondary N) is 1. The molecule has 0 radical (unpaired) electrons. The molecule has 0 aliphatic carbocycles. The van der Waals surface area contributed by atoms with E-state index in [1.807, 2.05) is 6.07 Å². The monoisotopic (exact) mass is 436 g/mol. The van der Waals surface area contributed by atoms with Crippen molar-refractivity contribution in [3.63, 3.8) is 0 Å². The number of carbonyl (C=O) groups is 2. The summed E-state index contributed by atoms with van der Waals surface area (Å²) >= 11 is 0. The third-order valence-electron chi connectivity index (χ3n) is 4.95. The van der Waals surface area contributed by atoms with Crippen LogP contribution in [0.5, 0.6) is 11.5 Å². The summed E-state index contributed by atoms with van der Waals surface area (Å²) in [5.74, 6) is -1.34. The topological polar surface area (TPSA) is 67.9 Å². The summed E-state index contributed by atoms with van der Waals surface area (Å²) < 4.78 is 51.6. The van der Waals surface area contributed by atoms with Crippen molar-refractivity contribution in [2.24, 2.45) is 0 Å². The maximum absolute atomic E-state index is 13.6. The quantitative estimate of drug-likeness (QED) is 0.742. The minimum absolute atomic E-state index is 0.0325. The predicted octanol–water partition coefficient (Wildman–Crippen LogP) is 4.63. The number of hydrogen-bond acceptors (Lipinski definition) is 4. The highest BCUT2D eigenvalue weighted by Gasteiger charge is 2.37. The van der Waals surface area contributed by atoms with Crippen LogP contribution in [0.4, 0.5) is 18.0 Å². The number of likely N-dealkylation sites (tertiary alicyclic amines) is 1. The first-order valence-corrected chi connectivity index (χ1v) is 9.86. The van der Waals surface area contributed by atoms with Crippen molar-refractivity contribution in [1.29, 1.82) is 0 Å². The number of imide groups is 1. The average molecular weight is 436 g/mol. The number of piperidine rings is 1. The van der Waals surface area contributed by atoms with E-state index in [0.717, 1.165) is 30.9 Å².